The summed E-state index contributed by atoms with van der Waals surface area (Å²) >= 11 is 0. The molecule has 2 aromatic carbocycles. The molecular formula is C19H18N4O4. The first-order valence-corrected chi connectivity index (χ1v) is 8.01. The smallest absolute Gasteiger partial charge is 0.289 e. The number of methoxy groups -OCH3 is 2. The Bertz CT molecular complexity index is 964. The average Bonchev–Trinajstić information content (AvgIpc) is 3.19. The van der Waals surface area contributed by atoms with Gasteiger partial charge in [-0.25, -0.2) is 5.43 Å². The minimum absolute atomic E-state index is 0.0543. The van der Waals surface area contributed by atoms with Gasteiger partial charge in [0.25, 0.3) is 5.91 Å². The number of amides is 1. The standard InChI is InChI=1S/C19H18N4O4/c1-26-14-8-6-12(7-9-14)15-10-16(22-21-15)19(25)23-20-11-13-4-3-5-17(27-2)18(13)24/h3-11,24H,1-2H3,(H,21,22)(H,23,25). The Morgan fingerprint density at radius 1 is 1.19 bits per heavy atom. The molecule has 138 valence electrons. The fourth-order valence-corrected chi connectivity index (χ4v) is 2.38. The van der Waals surface area contributed by atoms with E-state index in [2.05, 4.69) is 20.7 Å². The average molecular weight is 366 g/mol. The molecule has 0 atom stereocenters. The number of nitrogens with zero attached hydrogens (tertiary/aromatic N) is 2. The summed E-state index contributed by atoms with van der Waals surface area (Å²) in [5, 5.41) is 20.6. The first-order valence-electron chi connectivity index (χ1n) is 8.01. The van der Waals surface area contributed by atoms with Gasteiger partial charge in [-0.3, -0.25) is 9.89 Å². The SMILES string of the molecule is COc1ccc(-c2cc(C(=O)NN=Cc3cccc(OC)c3O)[nH]n2)cc1. The molecule has 1 amide bonds. The zero-order valence-corrected chi connectivity index (χ0v) is 14.8. The van der Waals surface area contributed by atoms with Gasteiger partial charge in [0.2, 0.25) is 0 Å². The minimum Gasteiger partial charge on any atom is -0.504 e. The first-order chi connectivity index (χ1) is 13.1. The highest BCUT2D eigenvalue weighted by Gasteiger charge is 2.11. The van der Waals surface area contributed by atoms with Crippen LogP contribution < -0.4 is 14.9 Å². The number of rotatable bonds is 6. The molecule has 0 saturated carbocycles. The second-order valence-corrected chi connectivity index (χ2v) is 5.49. The highest BCUT2D eigenvalue weighted by molar-refractivity contribution is 5.94. The molecule has 0 unspecified atom stereocenters. The number of aromatic amines is 1. The van der Waals surface area contributed by atoms with Crippen LogP contribution in [0.3, 0.4) is 0 Å². The molecule has 3 rings (SSSR count). The Kier molecular flexibility index (Phi) is 5.36. The van der Waals surface area contributed by atoms with Crippen LogP contribution in [0, 0.1) is 0 Å². The number of hydrogen-bond donors (Lipinski definition) is 3. The number of hydrazone groups is 1. The molecule has 0 aliphatic heterocycles. The van der Waals surface area contributed by atoms with Crippen molar-refractivity contribution in [3.05, 3.63) is 59.8 Å². The summed E-state index contributed by atoms with van der Waals surface area (Å²) in [5.74, 6) is 0.549. The van der Waals surface area contributed by atoms with E-state index < -0.39 is 5.91 Å². The first kappa shape index (κ1) is 18.0. The number of carbonyl (C=O) groups excluding carboxylic acids is 1. The van der Waals surface area contributed by atoms with Gasteiger partial charge >= 0.3 is 0 Å². The van der Waals surface area contributed by atoms with Gasteiger partial charge in [0.15, 0.2) is 11.5 Å². The number of aromatic nitrogens is 2. The fraction of sp³-hybridized carbons (Fsp3) is 0.105. The van der Waals surface area contributed by atoms with Crippen LogP contribution in [0.2, 0.25) is 0 Å². The second kappa shape index (κ2) is 8.05. The Morgan fingerprint density at radius 3 is 2.67 bits per heavy atom. The molecule has 0 saturated heterocycles. The summed E-state index contributed by atoms with van der Waals surface area (Å²) < 4.78 is 10.1. The van der Waals surface area contributed by atoms with E-state index in [4.69, 9.17) is 9.47 Å². The molecule has 3 N–H and O–H groups in total. The Balaban J connectivity index is 1.67. The number of hydrogen-bond acceptors (Lipinski definition) is 6. The molecule has 0 spiro atoms. The van der Waals surface area contributed by atoms with E-state index in [9.17, 15) is 9.90 Å². The summed E-state index contributed by atoms with van der Waals surface area (Å²) in [6, 6.07) is 13.9. The van der Waals surface area contributed by atoms with Crippen LogP contribution in [0.15, 0.2) is 53.6 Å². The van der Waals surface area contributed by atoms with Crippen LogP contribution in [0.5, 0.6) is 17.2 Å². The van der Waals surface area contributed by atoms with Gasteiger partial charge in [0.05, 0.1) is 26.1 Å². The third-order valence-electron chi connectivity index (χ3n) is 3.83. The molecule has 3 aromatic rings. The summed E-state index contributed by atoms with van der Waals surface area (Å²) in [4.78, 5) is 12.2. The van der Waals surface area contributed by atoms with Crippen molar-refractivity contribution in [2.75, 3.05) is 14.2 Å². The molecule has 8 heteroatoms. The second-order valence-electron chi connectivity index (χ2n) is 5.49. The number of ether oxygens (including phenoxy) is 2. The van der Waals surface area contributed by atoms with E-state index in [0.717, 1.165) is 11.3 Å². The topological polar surface area (TPSA) is 109 Å². The molecule has 0 fully saturated rings. The lowest BCUT2D eigenvalue weighted by Gasteiger charge is -2.04. The Labute approximate surface area is 155 Å². The van der Waals surface area contributed by atoms with Gasteiger partial charge < -0.3 is 14.6 Å². The van der Waals surface area contributed by atoms with Crippen molar-refractivity contribution >= 4 is 12.1 Å². The van der Waals surface area contributed by atoms with Crippen molar-refractivity contribution in [3.63, 3.8) is 0 Å². The highest BCUT2D eigenvalue weighted by atomic mass is 16.5. The zero-order valence-electron chi connectivity index (χ0n) is 14.8. The molecule has 1 aromatic heterocycles. The fourth-order valence-electron chi connectivity index (χ4n) is 2.38. The quantitative estimate of drug-likeness (QED) is 0.459. The lowest BCUT2D eigenvalue weighted by molar-refractivity contribution is 0.0950. The van der Waals surface area contributed by atoms with Crippen molar-refractivity contribution in [1.29, 1.82) is 0 Å². The van der Waals surface area contributed by atoms with Crippen LogP contribution in [-0.2, 0) is 0 Å². The molecule has 27 heavy (non-hydrogen) atoms. The lowest BCUT2D eigenvalue weighted by atomic mass is 10.1. The maximum Gasteiger partial charge on any atom is 0.289 e. The van der Waals surface area contributed by atoms with Crippen molar-refractivity contribution < 1.29 is 19.4 Å². The van der Waals surface area contributed by atoms with Crippen molar-refractivity contribution in [3.8, 4) is 28.5 Å². The number of phenolic OH excluding ortho intramolecular Hbond substituents is 1. The van der Waals surface area contributed by atoms with Crippen molar-refractivity contribution in [2.45, 2.75) is 0 Å². The van der Waals surface area contributed by atoms with E-state index in [1.165, 1.54) is 13.3 Å². The summed E-state index contributed by atoms with van der Waals surface area (Å²) in [5.41, 5.74) is 4.52. The van der Waals surface area contributed by atoms with E-state index >= 15 is 0 Å². The number of phenols is 1. The minimum atomic E-state index is -0.458. The Hall–Kier alpha value is -3.81. The summed E-state index contributed by atoms with van der Waals surface area (Å²) in [6.07, 6.45) is 1.33. The highest BCUT2D eigenvalue weighted by Crippen LogP contribution is 2.28. The lowest BCUT2D eigenvalue weighted by Crippen LogP contribution is -2.18. The molecule has 0 aliphatic carbocycles. The maximum absolute atomic E-state index is 12.2. The Morgan fingerprint density at radius 2 is 1.96 bits per heavy atom. The number of benzene rings is 2. The number of para-hydroxylation sites is 1. The number of H-pyrrole nitrogens is 1. The predicted octanol–water partition coefficient (Wildman–Crippen LogP) is 2.56. The molecule has 0 bridgehead atoms. The predicted molar refractivity (Wildman–Crippen MR) is 100 cm³/mol. The van der Waals surface area contributed by atoms with Gasteiger partial charge in [0, 0.05) is 11.1 Å². The number of nitrogens with one attached hydrogen (secondary N) is 2. The van der Waals surface area contributed by atoms with E-state index in [-0.39, 0.29) is 11.4 Å². The van der Waals surface area contributed by atoms with Gasteiger partial charge in [-0.1, -0.05) is 6.07 Å². The molecular weight excluding hydrogens is 348 g/mol. The van der Waals surface area contributed by atoms with Gasteiger partial charge in [-0.05, 0) is 42.5 Å². The number of aromatic hydroxyl groups is 1. The van der Waals surface area contributed by atoms with E-state index in [0.29, 0.717) is 17.0 Å². The summed E-state index contributed by atoms with van der Waals surface area (Å²) in [6.45, 7) is 0. The van der Waals surface area contributed by atoms with Crippen LogP contribution in [0.25, 0.3) is 11.3 Å². The largest absolute Gasteiger partial charge is 0.504 e. The zero-order chi connectivity index (χ0) is 19.2. The molecule has 0 radical (unpaired) electrons. The normalized spacial score (nSPS) is 10.7. The third-order valence-corrected chi connectivity index (χ3v) is 3.83. The van der Waals surface area contributed by atoms with E-state index in [1.807, 2.05) is 24.3 Å². The van der Waals surface area contributed by atoms with Crippen molar-refractivity contribution in [2.24, 2.45) is 5.10 Å². The van der Waals surface area contributed by atoms with Gasteiger partial charge in [-0.15, -0.1) is 0 Å². The van der Waals surface area contributed by atoms with Crippen LogP contribution >= 0.6 is 0 Å². The molecule has 0 aliphatic rings. The van der Waals surface area contributed by atoms with Crippen LogP contribution in [0.4, 0.5) is 0 Å². The van der Waals surface area contributed by atoms with Gasteiger partial charge in [-0.2, -0.15) is 10.2 Å². The van der Waals surface area contributed by atoms with Crippen LogP contribution in [-0.4, -0.2) is 41.6 Å². The van der Waals surface area contributed by atoms with E-state index in [1.54, 1.807) is 31.4 Å². The third kappa shape index (κ3) is 4.06. The number of carbonyl (C=O) groups is 1. The summed E-state index contributed by atoms with van der Waals surface area (Å²) in [7, 11) is 3.05. The molecule has 1 heterocycles. The van der Waals surface area contributed by atoms with Crippen molar-refractivity contribution in [1.82, 2.24) is 15.6 Å². The monoisotopic (exact) mass is 366 g/mol. The molecule has 8 nitrogen and oxygen atoms in total. The van der Waals surface area contributed by atoms with Crippen LogP contribution in [0.1, 0.15) is 16.1 Å². The van der Waals surface area contributed by atoms with Gasteiger partial charge in [0.1, 0.15) is 11.4 Å². The maximum atomic E-state index is 12.2.